The Balaban J connectivity index is 2.23. The molecule has 1 aliphatic heterocycles. The zero-order chi connectivity index (χ0) is 10.0. The fraction of sp³-hybridized carbons (Fsp3) is 0.545. The van der Waals surface area contributed by atoms with Gasteiger partial charge in [0.1, 0.15) is 5.15 Å². The zero-order valence-corrected chi connectivity index (χ0v) is 9.14. The van der Waals surface area contributed by atoms with E-state index >= 15 is 0 Å². The fourth-order valence-electron chi connectivity index (χ4n) is 2.00. The number of pyridine rings is 1. The van der Waals surface area contributed by atoms with Crippen molar-refractivity contribution in [2.75, 3.05) is 13.1 Å². The van der Waals surface area contributed by atoms with Gasteiger partial charge in [0.2, 0.25) is 0 Å². The lowest BCUT2D eigenvalue weighted by Crippen LogP contribution is -2.37. The highest BCUT2D eigenvalue weighted by molar-refractivity contribution is 6.29. The number of nitrogens with zero attached hydrogens (tertiary/aromatic N) is 1. The second-order valence-corrected chi connectivity index (χ2v) is 4.57. The number of hydrogen-bond acceptors (Lipinski definition) is 2. The number of halogens is 1. The van der Waals surface area contributed by atoms with Crippen LogP contribution in [0.15, 0.2) is 18.3 Å². The molecule has 0 aliphatic carbocycles. The maximum atomic E-state index is 5.77. The van der Waals surface area contributed by atoms with E-state index in [0.29, 0.717) is 5.15 Å². The van der Waals surface area contributed by atoms with Gasteiger partial charge in [0.25, 0.3) is 0 Å². The summed E-state index contributed by atoms with van der Waals surface area (Å²) < 4.78 is 0. The molecule has 1 N–H and O–H groups in total. The number of piperidine rings is 1. The molecule has 0 aromatic carbocycles. The van der Waals surface area contributed by atoms with Gasteiger partial charge in [-0.05, 0) is 43.0 Å². The van der Waals surface area contributed by atoms with Gasteiger partial charge in [-0.15, -0.1) is 0 Å². The van der Waals surface area contributed by atoms with E-state index in [1.165, 1.54) is 18.4 Å². The molecular formula is C11H15ClN2. The van der Waals surface area contributed by atoms with Gasteiger partial charge in [0.15, 0.2) is 0 Å². The Morgan fingerprint density at radius 1 is 1.36 bits per heavy atom. The van der Waals surface area contributed by atoms with E-state index in [1.54, 1.807) is 0 Å². The summed E-state index contributed by atoms with van der Waals surface area (Å²) in [5, 5.41) is 3.95. The SMILES string of the molecule is CC1(c2ccc(Cl)nc2)CCNCC1. The Morgan fingerprint density at radius 2 is 2.07 bits per heavy atom. The van der Waals surface area contributed by atoms with Crippen LogP contribution in [0.3, 0.4) is 0 Å². The van der Waals surface area contributed by atoms with Gasteiger partial charge < -0.3 is 5.32 Å². The van der Waals surface area contributed by atoms with Gasteiger partial charge in [0, 0.05) is 6.20 Å². The molecule has 0 radical (unpaired) electrons. The molecular weight excluding hydrogens is 196 g/mol. The first kappa shape index (κ1) is 9.94. The lowest BCUT2D eigenvalue weighted by Gasteiger charge is -2.34. The summed E-state index contributed by atoms with van der Waals surface area (Å²) in [6, 6.07) is 3.98. The monoisotopic (exact) mass is 210 g/mol. The molecule has 1 aromatic heterocycles. The van der Waals surface area contributed by atoms with Crippen LogP contribution in [-0.2, 0) is 5.41 Å². The third-order valence-electron chi connectivity index (χ3n) is 3.13. The van der Waals surface area contributed by atoms with Crippen molar-refractivity contribution in [3.63, 3.8) is 0 Å². The molecule has 14 heavy (non-hydrogen) atoms. The van der Waals surface area contributed by atoms with Gasteiger partial charge in [-0.25, -0.2) is 4.98 Å². The van der Waals surface area contributed by atoms with Gasteiger partial charge in [0.05, 0.1) is 0 Å². The lowest BCUT2D eigenvalue weighted by molar-refractivity contribution is 0.334. The molecule has 0 bridgehead atoms. The third-order valence-corrected chi connectivity index (χ3v) is 3.35. The first-order chi connectivity index (χ1) is 6.71. The van der Waals surface area contributed by atoms with Crippen LogP contribution in [0.4, 0.5) is 0 Å². The summed E-state index contributed by atoms with van der Waals surface area (Å²) in [5.41, 5.74) is 1.59. The molecule has 0 spiro atoms. The number of rotatable bonds is 1. The third kappa shape index (κ3) is 1.91. The molecule has 2 rings (SSSR count). The normalized spacial score (nSPS) is 20.7. The predicted molar refractivity (Wildman–Crippen MR) is 58.7 cm³/mol. The highest BCUT2D eigenvalue weighted by atomic mass is 35.5. The van der Waals surface area contributed by atoms with Crippen molar-refractivity contribution in [2.45, 2.75) is 25.2 Å². The first-order valence-corrected chi connectivity index (χ1v) is 5.41. The van der Waals surface area contributed by atoms with E-state index in [9.17, 15) is 0 Å². The minimum atomic E-state index is 0.281. The Hall–Kier alpha value is -0.600. The quantitative estimate of drug-likeness (QED) is 0.720. The molecule has 0 unspecified atom stereocenters. The van der Waals surface area contributed by atoms with Crippen molar-refractivity contribution in [2.24, 2.45) is 0 Å². The van der Waals surface area contributed by atoms with Crippen LogP contribution < -0.4 is 5.32 Å². The van der Waals surface area contributed by atoms with Crippen LogP contribution in [0.1, 0.15) is 25.3 Å². The van der Waals surface area contributed by atoms with E-state index in [-0.39, 0.29) is 5.41 Å². The minimum Gasteiger partial charge on any atom is -0.317 e. The summed E-state index contributed by atoms with van der Waals surface area (Å²) in [6.07, 6.45) is 4.26. The molecule has 76 valence electrons. The van der Waals surface area contributed by atoms with E-state index in [2.05, 4.69) is 23.3 Å². The number of nitrogens with one attached hydrogen (secondary N) is 1. The van der Waals surface area contributed by atoms with Crippen LogP contribution in [0, 0.1) is 0 Å². The largest absolute Gasteiger partial charge is 0.317 e. The Kier molecular flexibility index (Phi) is 2.75. The molecule has 1 saturated heterocycles. The lowest BCUT2D eigenvalue weighted by atomic mass is 9.76. The number of hydrogen-bond donors (Lipinski definition) is 1. The molecule has 0 amide bonds. The number of aromatic nitrogens is 1. The molecule has 0 atom stereocenters. The van der Waals surface area contributed by atoms with Crippen LogP contribution in [0.2, 0.25) is 5.15 Å². The average molecular weight is 211 g/mol. The molecule has 1 aliphatic rings. The second-order valence-electron chi connectivity index (χ2n) is 4.18. The van der Waals surface area contributed by atoms with Crippen molar-refractivity contribution in [3.8, 4) is 0 Å². The standard InChI is InChI=1S/C11H15ClN2/c1-11(4-6-13-7-5-11)9-2-3-10(12)14-8-9/h2-3,8,13H,4-7H2,1H3. The summed E-state index contributed by atoms with van der Waals surface area (Å²) in [7, 11) is 0. The van der Waals surface area contributed by atoms with Crippen LogP contribution >= 0.6 is 11.6 Å². The molecule has 3 heteroatoms. The molecule has 1 fully saturated rings. The van der Waals surface area contributed by atoms with E-state index in [4.69, 9.17) is 11.6 Å². The molecule has 2 heterocycles. The summed E-state index contributed by atoms with van der Waals surface area (Å²) >= 11 is 5.77. The summed E-state index contributed by atoms with van der Waals surface area (Å²) in [5.74, 6) is 0. The average Bonchev–Trinajstić information content (AvgIpc) is 2.19. The Labute approximate surface area is 89.7 Å². The van der Waals surface area contributed by atoms with E-state index < -0.39 is 0 Å². The topological polar surface area (TPSA) is 24.9 Å². The second kappa shape index (κ2) is 3.87. The Morgan fingerprint density at radius 3 is 2.64 bits per heavy atom. The highest BCUT2D eigenvalue weighted by Crippen LogP contribution is 2.32. The molecule has 1 aromatic rings. The summed E-state index contributed by atoms with van der Waals surface area (Å²) in [6.45, 7) is 4.50. The van der Waals surface area contributed by atoms with Crippen molar-refractivity contribution in [1.29, 1.82) is 0 Å². The highest BCUT2D eigenvalue weighted by Gasteiger charge is 2.28. The smallest absolute Gasteiger partial charge is 0.129 e. The van der Waals surface area contributed by atoms with Crippen LogP contribution in [0.5, 0.6) is 0 Å². The van der Waals surface area contributed by atoms with E-state index in [0.717, 1.165) is 13.1 Å². The van der Waals surface area contributed by atoms with Gasteiger partial charge in [-0.3, -0.25) is 0 Å². The molecule has 2 nitrogen and oxygen atoms in total. The summed E-state index contributed by atoms with van der Waals surface area (Å²) in [4.78, 5) is 4.14. The zero-order valence-electron chi connectivity index (χ0n) is 8.39. The fourth-order valence-corrected chi connectivity index (χ4v) is 2.11. The van der Waals surface area contributed by atoms with Crippen molar-refractivity contribution >= 4 is 11.6 Å². The van der Waals surface area contributed by atoms with Gasteiger partial charge >= 0.3 is 0 Å². The van der Waals surface area contributed by atoms with Crippen molar-refractivity contribution in [1.82, 2.24) is 10.3 Å². The van der Waals surface area contributed by atoms with Crippen LogP contribution in [0.25, 0.3) is 0 Å². The van der Waals surface area contributed by atoms with Crippen molar-refractivity contribution in [3.05, 3.63) is 29.0 Å². The minimum absolute atomic E-state index is 0.281. The maximum Gasteiger partial charge on any atom is 0.129 e. The Bertz CT molecular complexity index is 302. The van der Waals surface area contributed by atoms with Gasteiger partial charge in [-0.2, -0.15) is 0 Å². The van der Waals surface area contributed by atoms with E-state index in [1.807, 2.05) is 12.3 Å². The van der Waals surface area contributed by atoms with Crippen LogP contribution in [-0.4, -0.2) is 18.1 Å². The maximum absolute atomic E-state index is 5.77. The van der Waals surface area contributed by atoms with Gasteiger partial charge in [-0.1, -0.05) is 24.6 Å². The predicted octanol–water partition coefficient (Wildman–Crippen LogP) is 2.38. The molecule has 0 saturated carbocycles. The van der Waals surface area contributed by atoms with Crippen molar-refractivity contribution < 1.29 is 0 Å². The first-order valence-electron chi connectivity index (χ1n) is 5.03.